The van der Waals surface area contributed by atoms with E-state index in [1.165, 1.54) is 0 Å². The van der Waals surface area contributed by atoms with Gasteiger partial charge in [-0.25, -0.2) is 0 Å². The molecule has 1 heterocycles. The molecule has 5 nitrogen and oxygen atoms in total. The number of β-amino-alcohol motifs (C(OH)–C–C–N with tert-alkyl or cyclic N) is 1. The smallest absolute Gasteiger partial charge is 0.234 e. The molecular weight excluding hydrogens is 230 g/mol. The molecule has 0 aliphatic carbocycles. The van der Waals surface area contributed by atoms with Crippen molar-refractivity contribution in [2.24, 2.45) is 0 Å². The molecule has 1 atom stereocenters. The van der Waals surface area contributed by atoms with Gasteiger partial charge in [-0.3, -0.25) is 14.6 Å². The minimum absolute atomic E-state index is 0.131. The van der Waals surface area contributed by atoms with E-state index in [0.717, 1.165) is 45.6 Å². The van der Waals surface area contributed by atoms with Crippen molar-refractivity contribution in [3.8, 4) is 0 Å². The Morgan fingerprint density at radius 2 is 1.89 bits per heavy atom. The molecule has 18 heavy (non-hydrogen) atoms. The zero-order valence-corrected chi connectivity index (χ0v) is 11.7. The molecule has 1 aliphatic rings. The van der Waals surface area contributed by atoms with Crippen LogP contribution in [0.5, 0.6) is 0 Å². The summed E-state index contributed by atoms with van der Waals surface area (Å²) in [7, 11) is 0. The van der Waals surface area contributed by atoms with Crippen LogP contribution in [0.25, 0.3) is 0 Å². The van der Waals surface area contributed by atoms with E-state index in [4.69, 9.17) is 5.11 Å². The fraction of sp³-hybridized carbons (Fsp3) is 0.923. The lowest BCUT2D eigenvalue weighted by molar-refractivity contribution is -0.123. The third kappa shape index (κ3) is 5.80. The SMILES string of the molecule is CCCC(C)NC(=O)CN1CCN(CCO)CC1. The minimum atomic E-state index is 0.131. The molecular formula is C13H27N3O2. The Morgan fingerprint density at radius 3 is 2.44 bits per heavy atom. The monoisotopic (exact) mass is 257 g/mol. The Balaban J connectivity index is 2.18. The zero-order valence-electron chi connectivity index (χ0n) is 11.7. The van der Waals surface area contributed by atoms with E-state index >= 15 is 0 Å². The summed E-state index contributed by atoms with van der Waals surface area (Å²) < 4.78 is 0. The van der Waals surface area contributed by atoms with Crippen molar-refractivity contribution in [2.75, 3.05) is 45.9 Å². The lowest BCUT2D eigenvalue weighted by atomic mass is 10.2. The Bertz CT molecular complexity index is 240. The maximum atomic E-state index is 11.8. The highest BCUT2D eigenvalue weighted by Gasteiger charge is 2.18. The summed E-state index contributed by atoms with van der Waals surface area (Å²) in [4.78, 5) is 16.2. The summed E-state index contributed by atoms with van der Waals surface area (Å²) in [5, 5.41) is 11.9. The predicted octanol–water partition coefficient (Wildman–Crippen LogP) is -0.0989. The maximum Gasteiger partial charge on any atom is 0.234 e. The van der Waals surface area contributed by atoms with Gasteiger partial charge in [0.1, 0.15) is 0 Å². The summed E-state index contributed by atoms with van der Waals surface area (Å²) in [5.41, 5.74) is 0. The van der Waals surface area contributed by atoms with Crippen LogP contribution < -0.4 is 5.32 Å². The van der Waals surface area contributed by atoms with Gasteiger partial charge in [0.15, 0.2) is 0 Å². The molecule has 1 rings (SSSR count). The fourth-order valence-electron chi connectivity index (χ4n) is 2.34. The van der Waals surface area contributed by atoms with Crippen LogP contribution >= 0.6 is 0 Å². The van der Waals surface area contributed by atoms with Crippen molar-refractivity contribution >= 4 is 5.91 Å². The van der Waals surface area contributed by atoms with Crippen molar-refractivity contribution in [3.63, 3.8) is 0 Å². The number of nitrogens with one attached hydrogen (secondary N) is 1. The molecule has 1 amide bonds. The molecule has 0 aromatic heterocycles. The van der Waals surface area contributed by atoms with Crippen molar-refractivity contribution in [3.05, 3.63) is 0 Å². The second-order valence-corrected chi connectivity index (χ2v) is 5.10. The van der Waals surface area contributed by atoms with E-state index in [0.29, 0.717) is 6.54 Å². The third-order valence-electron chi connectivity index (χ3n) is 3.38. The van der Waals surface area contributed by atoms with Gasteiger partial charge in [0.2, 0.25) is 5.91 Å². The number of aliphatic hydroxyl groups excluding tert-OH is 1. The topological polar surface area (TPSA) is 55.8 Å². The van der Waals surface area contributed by atoms with Crippen molar-refractivity contribution in [1.82, 2.24) is 15.1 Å². The quantitative estimate of drug-likeness (QED) is 0.669. The molecule has 1 unspecified atom stereocenters. The number of rotatable bonds is 7. The highest BCUT2D eigenvalue weighted by molar-refractivity contribution is 5.78. The van der Waals surface area contributed by atoms with Crippen molar-refractivity contribution in [2.45, 2.75) is 32.7 Å². The Morgan fingerprint density at radius 1 is 1.28 bits per heavy atom. The van der Waals surface area contributed by atoms with Crippen LogP contribution in [-0.2, 0) is 4.79 Å². The van der Waals surface area contributed by atoms with Gasteiger partial charge < -0.3 is 10.4 Å². The average Bonchev–Trinajstić information content (AvgIpc) is 2.32. The van der Waals surface area contributed by atoms with Crippen LogP contribution in [0.3, 0.4) is 0 Å². The minimum Gasteiger partial charge on any atom is -0.395 e. The third-order valence-corrected chi connectivity index (χ3v) is 3.38. The molecule has 1 aliphatic heterocycles. The molecule has 0 radical (unpaired) electrons. The van der Waals surface area contributed by atoms with E-state index in [2.05, 4.69) is 29.0 Å². The standard InChI is InChI=1S/C13H27N3O2/c1-3-4-12(2)14-13(18)11-16-7-5-15(6-8-16)9-10-17/h12,17H,3-11H2,1-2H3,(H,14,18). The summed E-state index contributed by atoms with van der Waals surface area (Å²) in [5.74, 6) is 0.131. The molecule has 0 saturated carbocycles. The fourth-order valence-corrected chi connectivity index (χ4v) is 2.34. The molecule has 106 valence electrons. The summed E-state index contributed by atoms with van der Waals surface area (Å²) in [6.45, 7) is 9.36. The molecule has 1 fully saturated rings. The van der Waals surface area contributed by atoms with E-state index in [-0.39, 0.29) is 18.6 Å². The van der Waals surface area contributed by atoms with Crippen LogP contribution in [0.4, 0.5) is 0 Å². The summed E-state index contributed by atoms with van der Waals surface area (Å²) >= 11 is 0. The average molecular weight is 257 g/mol. The van der Waals surface area contributed by atoms with Gasteiger partial charge in [-0.05, 0) is 13.3 Å². The van der Waals surface area contributed by atoms with Crippen LogP contribution in [0.2, 0.25) is 0 Å². The normalized spacial score (nSPS) is 19.7. The second kappa shape index (κ2) is 8.45. The van der Waals surface area contributed by atoms with Gasteiger partial charge in [-0.2, -0.15) is 0 Å². The lowest BCUT2D eigenvalue weighted by Crippen LogP contribution is -2.50. The Hall–Kier alpha value is -0.650. The number of hydrogen-bond acceptors (Lipinski definition) is 4. The molecule has 0 aromatic carbocycles. The maximum absolute atomic E-state index is 11.8. The van der Waals surface area contributed by atoms with E-state index in [1.54, 1.807) is 0 Å². The Kier molecular flexibility index (Phi) is 7.23. The largest absolute Gasteiger partial charge is 0.395 e. The molecule has 5 heteroatoms. The number of carbonyl (C=O) groups is 1. The first-order valence-corrected chi connectivity index (χ1v) is 7.00. The first kappa shape index (κ1) is 15.4. The molecule has 0 spiro atoms. The summed E-state index contributed by atoms with van der Waals surface area (Å²) in [6, 6.07) is 0.276. The Labute approximate surface area is 110 Å². The van der Waals surface area contributed by atoms with Gasteiger partial charge in [-0.15, -0.1) is 0 Å². The van der Waals surface area contributed by atoms with Crippen molar-refractivity contribution < 1.29 is 9.90 Å². The molecule has 0 bridgehead atoms. The second-order valence-electron chi connectivity index (χ2n) is 5.10. The van der Waals surface area contributed by atoms with Crippen molar-refractivity contribution in [1.29, 1.82) is 0 Å². The lowest BCUT2D eigenvalue weighted by Gasteiger charge is -2.34. The van der Waals surface area contributed by atoms with Crippen LogP contribution in [0.1, 0.15) is 26.7 Å². The van der Waals surface area contributed by atoms with Crippen LogP contribution in [-0.4, -0.2) is 72.7 Å². The van der Waals surface area contributed by atoms with Crippen LogP contribution in [0, 0.1) is 0 Å². The number of piperazine rings is 1. The van der Waals surface area contributed by atoms with Gasteiger partial charge in [0.25, 0.3) is 0 Å². The highest BCUT2D eigenvalue weighted by atomic mass is 16.3. The highest BCUT2D eigenvalue weighted by Crippen LogP contribution is 2.01. The zero-order chi connectivity index (χ0) is 13.4. The molecule has 1 saturated heterocycles. The number of aliphatic hydroxyl groups is 1. The van der Waals surface area contributed by atoms with Gasteiger partial charge >= 0.3 is 0 Å². The van der Waals surface area contributed by atoms with E-state index in [1.807, 2.05) is 0 Å². The number of amides is 1. The first-order chi connectivity index (χ1) is 8.65. The van der Waals surface area contributed by atoms with Gasteiger partial charge in [0, 0.05) is 38.8 Å². The predicted molar refractivity (Wildman–Crippen MR) is 72.5 cm³/mol. The van der Waals surface area contributed by atoms with Crippen LogP contribution in [0.15, 0.2) is 0 Å². The number of carbonyl (C=O) groups excluding carboxylic acids is 1. The van der Waals surface area contributed by atoms with Gasteiger partial charge in [0.05, 0.1) is 13.2 Å². The molecule has 0 aromatic rings. The van der Waals surface area contributed by atoms with Gasteiger partial charge in [-0.1, -0.05) is 13.3 Å². The number of hydrogen-bond donors (Lipinski definition) is 2. The first-order valence-electron chi connectivity index (χ1n) is 7.00. The van der Waals surface area contributed by atoms with E-state index in [9.17, 15) is 4.79 Å². The summed E-state index contributed by atoms with van der Waals surface area (Å²) in [6.07, 6.45) is 2.14. The van der Waals surface area contributed by atoms with E-state index < -0.39 is 0 Å². The molecule has 2 N–H and O–H groups in total. The number of nitrogens with zero attached hydrogens (tertiary/aromatic N) is 2.